The van der Waals surface area contributed by atoms with Crippen LogP contribution in [0.2, 0.25) is 0 Å². The molecule has 0 bridgehead atoms. The number of phenols is 1. The van der Waals surface area contributed by atoms with E-state index in [0.29, 0.717) is 31.4 Å². The molecule has 0 aliphatic heterocycles. The molecule has 1 aromatic carbocycles. The van der Waals surface area contributed by atoms with Crippen molar-refractivity contribution in [2.24, 2.45) is 0 Å². The van der Waals surface area contributed by atoms with Crippen LogP contribution in [0.25, 0.3) is 0 Å². The number of para-hydroxylation sites is 1. The van der Waals surface area contributed by atoms with Crippen LogP contribution in [0.3, 0.4) is 0 Å². The molecule has 0 atom stereocenters. The van der Waals surface area contributed by atoms with E-state index in [1.807, 2.05) is 18.2 Å². The van der Waals surface area contributed by atoms with Crippen molar-refractivity contribution in [1.82, 2.24) is 0 Å². The van der Waals surface area contributed by atoms with Gasteiger partial charge < -0.3 is 15.3 Å². The number of aryl methyl sites for hydroxylation is 2. The summed E-state index contributed by atoms with van der Waals surface area (Å²) in [7, 11) is 0. The number of rotatable bonds is 6. The second-order valence-corrected chi connectivity index (χ2v) is 3.58. The molecule has 0 radical (unpaired) electrons. The third-order valence-corrected chi connectivity index (χ3v) is 2.41. The van der Waals surface area contributed by atoms with Gasteiger partial charge in [0.25, 0.3) is 0 Å². The highest BCUT2D eigenvalue weighted by Gasteiger charge is 2.05. The Bertz CT molecular complexity index is 271. The van der Waals surface area contributed by atoms with Crippen molar-refractivity contribution in [3.05, 3.63) is 29.3 Å². The molecule has 84 valence electrons. The van der Waals surface area contributed by atoms with Gasteiger partial charge in [0.15, 0.2) is 0 Å². The van der Waals surface area contributed by atoms with Crippen LogP contribution < -0.4 is 0 Å². The predicted molar refractivity (Wildman–Crippen MR) is 58.9 cm³/mol. The second-order valence-electron chi connectivity index (χ2n) is 3.58. The summed E-state index contributed by atoms with van der Waals surface area (Å²) in [6.45, 7) is 0.278. The first-order valence-corrected chi connectivity index (χ1v) is 5.31. The Morgan fingerprint density at radius 2 is 1.33 bits per heavy atom. The van der Waals surface area contributed by atoms with Gasteiger partial charge in [-0.25, -0.2) is 0 Å². The van der Waals surface area contributed by atoms with Crippen molar-refractivity contribution in [1.29, 1.82) is 0 Å². The molecule has 15 heavy (non-hydrogen) atoms. The molecule has 0 saturated heterocycles. The van der Waals surface area contributed by atoms with Crippen molar-refractivity contribution in [2.75, 3.05) is 13.2 Å². The van der Waals surface area contributed by atoms with Crippen molar-refractivity contribution < 1.29 is 15.3 Å². The second kappa shape index (κ2) is 6.43. The summed E-state index contributed by atoms with van der Waals surface area (Å²) >= 11 is 0. The highest BCUT2D eigenvalue weighted by atomic mass is 16.3. The van der Waals surface area contributed by atoms with E-state index in [4.69, 9.17) is 10.2 Å². The van der Waals surface area contributed by atoms with E-state index in [2.05, 4.69) is 0 Å². The first kappa shape index (κ1) is 12.0. The van der Waals surface area contributed by atoms with Gasteiger partial charge in [-0.3, -0.25) is 0 Å². The molecule has 3 heteroatoms. The summed E-state index contributed by atoms with van der Waals surface area (Å²) in [6, 6.07) is 5.64. The summed E-state index contributed by atoms with van der Waals surface area (Å²) in [5.74, 6) is 0.319. The number of hydrogen-bond acceptors (Lipinski definition) is 3. The zero-order chi connectivity index (χ0) is 11.1. The SMILES string of the molecule is OCCCc1cccc(CCCO)c1O. The molecule has 0 amide bonds. The first-order valence-electron chi connectivity index (χ1n) is 5.31. The number of benzene rings is 1. The minimum absolute atomic E-state index is 0.139. The fourth-order valence-electron chi connectivity index (χ4n) is 1.59. The summed E-state index contributed by atoms with van der Waals surface area (Å²) in [5, 5.41) is 27.3. The van der Waals surface area contributed by atoms with Crippen molar-refractivity contribution in [2.45, 2.75) is 25.7 Å². The standard InChI is InChI=1S/C12H18O3/c13-8-2-6-10-4-1-5-11(12(10)15)7-3-9-14/h1,4-5,13-15H,2-3,6-9H2. The van der Waals surface area contributed by atoms with Gasteiger partial charge >= 0.3 is 0 Å². The molecular formula is C12H18O3. The third kappa shape index (κ3) is 3.53. The van der Waals surface area contributed by atoms with Crippen molar-refractivity contribution in [3.8, 4) is 5.75 Å². The predicted octanol–water partition coefficient (Wildman–Crippen LogP) is 1.24. The van der Waals surface area contributed by atoms with E-state index >= 15 is 0 Å². The molecule has 3 nitrogen and oxygen atoms in total. The van der Waals surface area contributed by atoms with Gasteiger partial charge in [0.05, 0.1) is 0 Å². The van der Waals surface area contributed by atoms with E-state index < -0.39 is 0 Å². The van der Waals surface area contributed by atoms with E-state index in [9.17, 15) is 5.11 Å². The van der Waals surface area contributed by atoms with Gasteiger partial charge in [0, 0.05) is 13.2 Å². The fraction of sp³-hybridized carbons (Fsp3) is 0.500. The molecule has 0 aromatic heterocycles. The van der Waals surface area contributed by atoms with Gasteiger partial charge in [-0.2, -0.15) is 0 Å². The van der Waals surface area contributed by atoms with Crippen LogP contribution >= 0.6 is 0 Å². The lowest BCUT2D eigenvalue weighted by molar-refractivity contribution is 0.287. The zero-order valence-electron chi connectivity index (χ0n) is 8.82. The lowest BCUT2D eigenvalue weighted by atomic mass is 10.0. The van der Waals surface area contributed by atoms with Crippen LogP contribution in [0, 0.1) is 0 Å². The molecule has 0 unspecified atom stereocenters. The molecule has 0 spiro atoms. The van der Waals surface area contributed by atoms with Gasteiger partial charge in [0.2, 0.25) is 0 Å². The molecule has 1 aromatic rings. The maximum Gasteiger partial charge on any atom is 0.121 e. The molecule has 0 saturated carbocycles. The topological polar surface area (TPSA) is 60.7 Å². The molecule has 0 heterocycles. The first-order chi connectivity index (χ1) is 7.29. The van der Waals surface area contributed by atoms with Crippen LogP contribution in [0.4, 0.5) is 0 Å². The summed E-state index contributed by atoms with van der Waals surface area (Å²) in [4.78, 5) is 0. The Balaban J connectivity index is 2.71. The van der Waals surface area contributed by atoms with Crippen LogP contribution in [0.1, 0.15) is 24.0 Å². The maximum atomic E-state index is 9.88. The number of aromatic hydroxyl groups is 1. The average Bonchev–Trinajstić information content (AvgIpc) is 2.26. The number of aliphatic hydroxyl groups is 2. The molecule has 1 rings (SSSR count). The summed E-state index contributed by atoms with van der Waals surface area (Å²) < 4.78 is 0. The number of phenolic OH excluding ortho intramolecular Hbond substituents is 1. The van der Waals surface area contributed by atoms with Gasteiger partial charge in [0.1, 0.15) is 5.75 Å². The lowest BCUT2D eigenvalue weighted by Crippen LogP contribution is -1.95. The van der Waals surface area contributed by atoms with E-state index in [0.717, 1.165) is 11.1 Å². The van der Waals surface area contributed by atoms with Crippen LogP contribution in [-0.2, 0) is 12.8 Å². The third-order valence-electron chi connectivity index (χ3n) is 2.41. The normalized spacial score (nSPS) is 10.5. The smallest absolute Gasteiger partial charge is 0.121 e. The highest BCUT2D eigenvalue weighted by molar-refractivity contribution is 5.40. The van der Waals surface area contributed by atoms with Gasteiger partial charge in [-0.1, -0.05) is 18.2 Å². The fourth-order valence-corrected chi connectivity index (χ4v) is 1.59. The summed E-state index contributed by atoms with van der Waals surface area (Å²) in [5.41, 5.74) is 1.75. The number of hydrogen-bond donors (Lipinski definition) is 3. The van der Waals surface area contributed by atoms with Crippen molar-refractivity contribution in [3.63, 3.8) is 0 Å². The van der Waals surface area contributed by atoms with Gasteiger partial charge in [-0.15, -0.1) is 0 Å². The molecule has 0 aliphatic rings. The highest BCUT2D eigenvalue weighted by Crippen LogP contribution is 2.24. The van der Waals surface area contributed by atoms with E-state index in [-0.39, 0.29) is 13.2 Å². The largest absolute Gasteiger partial charge is 0.507 e. The van der Waals surface area contributed by atoms with Gasteiger partial charge in [-0.05, 0) is 36.8 Å². The van der Waals surface area contributed by atoms with Crippen LogP contribution in [-0.4, -0.2) is 28.5 Å². The molecular weight excluding hydrogens is 192 g/mol. The van der Waals surface area contributed by atoms with E-state index in [1.54, 1.807) is 0 Å². The average molecular weight is 210 g/mol. The zero-order valence-corrected chi connectivity index (χ0v) is 8.82. The lowest BCUT2D eigenvalue weighted by Gasteiger charge is -2.08. The van der Waals surface area contributed by atoms with Crippen LogP contribution in [0.15, 0.2) is 18.2 Å². The summed E-state index contributed by atoms with van der Waals surface area (Å²) in [6.07, 6.45) is 2.71. The Kier molecular flexibility index (Phi) is 5.15. The van der Waals surface area contributed by atoms with Crippen molar-refractivity contribution >= 4 is 0 Å². The van der Waals surface area contributed by atoms with E-state index in [1.165, 1.54) is 0 Å². The Morgan fingerprint density at radius 3 is 1.73 bits per heavy atom. The monoisotopic (exact) mass is 210 g/mol. The minimum Gasteiger partial charge on any atom is -0.507 e. The minimum atomic E-state index is 0.139. The molecule has 0 fully saturated rings. The molecule has 3 N–H and O–H groups in total. The maximum absolute atomic E-state index is 9.88. The van der Waals surface area contributed by atoms with Crippen LogP contribution in [0.5, 0.6) is 5.75 Å². The Labute approximate surface area is 90.0 Å². The molecule has 0 aliphatic carbocycles. The quantitative estimate of drug-likeness (QED) is 0.662. The number of aliphatic hydroxyl groups excluding tert-OH is 2. The Morgan fingerprint density at radius 1 is 0.867 bits per heavy atom. The Hall–Kier alpha value is -1.06.